The number of hydrogen-bond donors (Lipinski definition) is 3. The summed E-state index contributed by atoms with van der Waals surface area (Å²) in [6.07, 6.45) is 1.47. The van der Waals surface area contributed by atoms with Crippen molar-refractivity contribution in [3.05, 3.63) is 64.0 Å². The predicted octanol–water partition coefficient (Wildman–Crippen LogP) is 4.30. The molecule has 0 saturated carbocycles. The molecule has 3 aromatic rings. The topological polar surface area (TPSA) is 104 Å². The van der Waals surface area contributed by atoms with Gasteiger partial charge in [-0.15, -0.1) is 24.0 Å². The number of anilines is 1. The number of aliphatic imine (C=N–C) groups is 1. The lowest BCUT2D eigenvalue weighted by Gasteiger charge is -2.13. The summed E-state index contributed by atoms with van der Waals surface area (Å²) in [6.45, 7) is 6.49. The zero-order chi connectivity index (χ0) is 22.1. The van der Waals surface area contributed by atoms with Crippen molar-refractivity contribution in [2.24, 2.45) is 4.99 Å². The Morgan fingerprint density at radius 2 is 2.06 bits per heavy atom. The second-order valence-corrected chi connectivity index (χ2v) is 8.05. The molecule has 7 nitrogen and oxygen atoms in total. The highest BCUT2D eigenvalue weighted by molar-refractivity contribution is 14.0. The number of aromatic nitrogens is 2. The van der Waals surface area contributed by atoms with Gasteiger partial charge in [-0.3, -0.25) is 4.99 Å². The van der Waals surface area contributed by atoms with Gasteiger partial charge in [-0.2, -0.15) is 21.7 Å². The van der Waals surface area contributed by atoms with Crippen molar-refractivity contribution in [2.75, 3.05) is 25.4 Å². The largest absolute Gasteiger partial charge is 0.382 e. The quantitative estimate of drug-likeness (QED) is 0.156. The second kappa shape index (κ2) is 13.1. The lowest BCUT2D eigenvalue weighted by Crippen LogP contribution is -2.38. The molecule has 1 unspecified atom stereocenters. The van der Waals surface area contributed by atoms with Crippen LogP contribution in [-0.4, -0.2) is 35.4 Å². The normalized spacial score (nSPS) is 12.0. The molecule has 0 saturated heterocycles. The summed E-state index contributed by atoms with van der Waals surface area (Å²) >= 11 is 1.71. The van der Waals surface area contributed by atoms with Gasteiger partial charge in [-0.25, -0.2) is 4.68 Å². The number of nitrogens with two attached hydrogens (primary N) is 1. The number of nitrogen functional groups attached to an aromatic ring is 1. The summed E-state index contributed by atoms with van der Waals surface area (Å²) in [5.74, 6) is 1.57. The van der Waals surface area contributed by atoms with Crippen LogP contribution in [0.25, 0.3) is 5.69 Å². The third kappa shape index (κ3) is 6.71. The van der Waals surface area contributed by atoms with Crippen LogP contribution in [-0.2, 0) is 6.42 Å². The Balaban J connectivity index is 0.00000363. The van der Waals surface area contributed by atoms with Crippen molar-refractivity contribution in [2.45, 2.75) is 32.6 Å². The molecule has 0 radical (unpaired) electrons. The smallest absolute Gasteiger partial charge is 0.191 e. The molecular weight excluding hydrogens is 533 g/mol. The molecule has 0 spiro atoms. The SMILES string of the molecule is CCNC(=NCC(C)c1ccsc1)NCCCc1nn(-c2ccccc2)c(N)c1C#N.I. The van der Waals surface area contributed by atoms with Crippen LogP contribution in [0.5, 0.6) is 0 Å². The Morgan fingerprint density at radius 3 is 2.72 bits per heavy atom. The van der Waals surface area contributed by atoms with Crippen molar-refractivity contribution in [1.82, 2.24) is 20.4 Å². The first-order chi connectivity index (χ1) is 15.1. The highest BCUT2D eigenvalue weighted by atomic mass is 127. The van der Waals surface area contributed by atoms with Gasteiger partial charge >= 0.3 is 0 Å². The molecule has 0 amide bonds. The maximum atomic E-state index is 9.55. The van der Waals surface area contributed by atoms with E-state index in [9.17, 15) is 5.26 Å². The molecule has 0 bridgehead atoms. The van der Waals surface area contributed by atoms with Gasteiger partial charge in [0.25, 0.3) is 0 Å². The summed E-state index contributed by atoms with van der Waals surface area (Å²) in [5.41, 5.74) is 9.52. The first-order valence-corrected chi connectivity index (χ1v) is 11.5. The van der Waals surface area contributed by atoms with Crippen LogP contribution in [0.1, 0.15) is 43.0 Å². The lowest BCUT2D eigenvalue weighted by atomic mass is 10.1. The number of thiophene rings is 1. The van der Waals surface area contributed by atoms with Gasteiger partial charge in [0.05, 0.1) is 11.4 Å². The number of nitrogens with one attached hydrogen (secondary N) is 2. The number of halogens is 1. The molecule has 9 heteroatoms. The molecule has 32 heavy (non-hydrogen) atoms. The van der Waals surface area contributed by atoms with Gasteiger partial charge in [0.2, 0.25) is 0 Å². The minimum Gasteiger partial charge on any atom is -0.382 e. The molecule has 1 atom stereocenters. The Labute approximate surface area is 210 Å². The molecule has 0 fully saturated rings. The van der Waals surface area contributed by atoms with E-state index in [1.54, 1.807) is 16.0 Å². The zero-order valence-corrected chi connectivity index (χ0v) is 21.6. The average molecular weight is 564 g/mol. The third-order valence-corrected chi connectivity index (χ3v) is 5.67. The Morgan fingerprint density at radius 1 is 1.28 bits per heavy atom. The maximum absolute atomic E-state index is 9.55. The first kappa shape index (κ1) is 25.7. The minimum atomic E-state index is 0. The van der Waals surface area contributed by atoms with Crippen molar-refractivity contribution in [1.29, 1.82) is 5.26 Å². The minimum absolute atomic E-state index is 0. The number of nitriles is 1. The average Bonchev–Trinajstić information content (AvgIpc) is 3.43. The van der Waals surface area contributed by atoms with E-state index >= 15 is 0 Å². The van der Waals surface area contributed by atoms with Gasteiger partial charge in [0, 0.05) is 25.6 Å². The van der Waals surface area contributed by atoms with E-state index in [0.29, 0.717) is 23.7 Å². The standard InChI is InChI=1S/C23H29N7S.HI/c1-3-26-23(28-15-17(2)18-11-13-31-16-18)27-12-7-10-21-20(14-24)22(25)30(29-21)19-8-5-4-6-9-19;/h4-6,8-9,11,13,16-17H,3,7,10,12,15,25H2,1-2H3,(H2,26,27,28);1H. The van der Waals surface area contributed by atoms with Gasteiger partial charge in [0.1, 0.15) is 17.5 Å². The number of hydrogen-bond acceptors (Lipinski definition) is 5. The molecule has 0 aliphatic carbocycles. The van der Waals surface area contributed by atoms with E-state index in [-0.39, 0.29) is 24.0 Å². The third-order valence-electron chi connectivity index (χ3n) is 4.97. The van der Waals surface area contributed by atoms with Crippen LogP contribution in [0, 0.1) is 11.3 Å². The maximum Gasteiger partial charge on any atom is 0.191 e. The second-order valence-electron chi connectivity index (χ2n) is 7.27. The highest BCUT2D eigenvalue weighted by Gasteiger charge is 2.16. The number of guanidine groups is 1. The number of aryl methyl sites for hydroxylation is 1. The Kier molecular flexibility index (Phi) is 10.5. The fourth-order valence-electron chi connectivity index (χ4n) is 3.23. The van der Waals surface area contributed by atoms with Gasteiger partial charge in [-0.1, -0.05) is 25.1 Å². The van der Waals surface area contributed by atoms with Crippen molar-refractivity contribution in [3.63, 3.8) is 0 Å². The van der Waals surface area contributed by atoms with Crippen LogP contribution < -0.4 is 16.4 Å². The highest BCUT2D eigenvalue weighted by Crippen LogP contribution is 2.21. The fourth-order valence-corrected chi connectivity index (χ4v) is 4.02. The summed E-state index contributed by atoms with van der Waals surface area (Å²) in [4.78, 5) is 4.71. The molecule has 4 N–H and O–H groups in total. The van der Waals surface area contributed by atoms with Crippen molar-refractivity contribution < 1.29 is 0 Å². The van der Waals surface area contributed by atoms with Gasteiger partial charge in [-0.05, 0) is 54.3 Å². The zero-order valence-electron chi connectivity index (χ0n) is 18.4. The predicted molar refractivity (Wildman–Crippen MR) is 143 cm³/mol. The van der Waals surface area contributed by atoms with Crippen molar-refractivity contribution >= 4 is 47.1 Å². The monoisotopic (exact) mass is 563 g/mol. The number of rotatable bonds is 9. The molecule has 1 aromatic carbocycles. The first-order valence-electron chi connectivity index (χ1n) is 10.5. The lowest BCUT2D eigenvalue weighted by molar-refractivity contribution is 0.712. The Bertz CT molecular complexity index is 1020. The summed E-state index contributed by atoms with van der Waals surface area (Å²) in [5, 5.41) is 25.1. The number of para-hydroxylation sites is 1. The number of nitrogens with zero attached hydrogens (tertiary/aromatic N) is 4. The molecule has 3 rings (SSSR count). The molecule has 2 aromatic heterocycles. The van der Waals surface area contributed by atoms with E-state index in [1.807, 2.05) is 30.3 Å². The van der Waals surface area contributed by atoms with Crippen LogP contribution in [0.3, 0.4) is 0 Å². The molecule has 170 valence electrons. The van der Waals surface area contributed by atoms with Crippen molar-refractivity contribution in [3.8, 4) is 11.8 Å². The van der Waals surface area contributed by atoms with E-state index in [1.165, 1.54) is 5.56 Å². The number of benzene rings is 1. The fraction of sp³-hybridized carbons (Fsp3) is 0.348. The van der Waals surface area contributed by atoms with E-state index < -0.39 is 0 Å². The van der Waals surface area contributed by atoms with Crippen LogP contribution >= 0.6 is 35.3 Å². The van der Waals surface area contributed by atoms with Gasteiger partial charge in [0.15, 0.2) is 5.96 Å². The summed E-state index contributed by atoms with van der Waals surface area (Å²) < 4.78 is 1.64. The van der Waals surface area contributed by atoms with Crippen LogP contribution in [0.15, 0.2) is 52.2 Å². The van der Waals surface area contributed by atoms with E-state index in [0.717, 1.165) is 43.4 Å². The van der Waals surface area contributed by atoms with Crippen LogP contribution in [0.2, 0.25) is 0 Å². The molecule has 0 aliphatic rings. The molecule has 2 heterocycles. The van der Waals surface area contributed by atoms with Crippen LogP contribution in [0.4, 0.5) is 5.82 Å². The molecule has 0 aliphatic heterocycles. The summed E-state index contributed by atoms with van der Waals surface area (Å²) in [7, 11) is 0. The van der Waals surface area contributed by atoms with Gasteiger partial charge < -0.3 is 16.4 Å². The van der Waals surface area contributed by atoms with E-state index in [2.05, 4.69) is 52.5 Å². The Hall–Kier alpha value is -2.58. The molecular formula is C23H30IN7S. The van der Waals surface area contributed by atoms with E-state index in [4.69, 9.17) is 10.7 Å². The summed E-state index contributed by atoms with van der Waals surface area (Å²) in [6, 6.07) is 14.0.